The standard InChI is InChI=1S/C23H19ClF4N4O/c1-3-16-17(11-30-21(33)19(16)24)20-31-12(2)22(32-20,13-4-7-15(25)8-5-13)14-6-9-18(29-10-14)23(26,27)28/h4-12H,3H2,1-2H3,(H,30,33)(H,31,32)/t12-,22?/m0/s1. The smallest absolute Gasteiger partial charge is 0.354 e. The number of rotatable bonds is 4. The SMILES string of the molecule is CCc1c(C2=N[C@@H](C)C(c3ccc(F)cc3)(c3ccc(C(F)(F)F)nc3)N2)c[nH]c(=O)c1Cl. The van der Waals surface area contributed by atoms with Crippen LogP contribution in [-0.4, -0.2) is 21.8 Å². The second-order valence-corrected chi connectivity index (χ2v) is 8.08. The molecule has 1 aliphatic heterocycles. The van der Waals surface area contributed by atoms with Crippen LogP contribution >= 0.6 is 11.6 Å². The highest BCUT2D eigenvalue weighted by Gasteiger charge is 2.46. The maximum Gasteiger partial charge on any atom is 0.433 e. The first kappa shape index (κ1) is 23.0. The van der Waals surface area contributed by atoms with Crippen LogP contribution < -0.4 is 10.9 Å². The summed E-state index contributed by atoms with van der Waals surface area (Å²) in [4.78, 5) is 22.9. The minimum Gasteiger partial charge on any atom is -0.354 e. The van der Waals surface area contributed by atoms with E-state index in [-0.39, 0.29) is 5.02 Å². The molecule has 0 fully saturated rings. The van der Waals surface area contributed by atoms with Gasteiger partial charge in [-0.25, -0.2) is 4.39 Å². The Hall–Kier alpha value is -3.20. The van der Waals surface area contributed by atoms with Gasteiger partial charge in [0.15, 0.2) is 0 Å². The number of benzene rings is 1. The predicted molar refractivity (Wildman–Crippen MR) is 117 cm³/mol. The van der Waals surface area contributed by atoms with Crippen molar-refractivity contribution in [3.05, 3.63) is 97.9 Å². The van der Waals surface area contributed by atoms with E-state index in [9.17, 15) is 22.4 Å². The first-order chi connectivity index (χ1) is 15.6. The van der Waals surface area contributed by atoms with Crippen LogP contribution in [0.4, 0.5) is 17.6 Å². The monoisotopic (exact) mass is 478 g/mol. The van der Waals surface area contributed by atoms with Gasteiger partial charge in [0, 0.05) is 23.5 Å². The van der Waals surface area contributed by atoms with Gasteiger partial charge in [-0.3, -0.25) is 14.8 Å². The van der Waals surface area contributed by atoms with E-state index in [4.69, 9.17) is 16.6 Å². The van der Waals surface area contributed by atoms with Gasteiger partial charge in [0.1, 0.15) is 27.9 Å². The van der Waals surface area contributed by atoms with Gasteiger partial charge in [-0.15, -0.1) is 0 Å². The summed E-state index contributed by atoms with van der Waals surface area (Å²) in [7, 11) is 0. The largest absolute Gasteiger partial charge is 0.433 e. The minimum absolute atomic E-state index is 0.0441. The number of aromatic nitrogens is 2. The summed E-state index contributed by atoms with van der Waals surface area (Å²) in [6.45, 7) is 3.63. The van der Waals surface area contributed by atoms with Crippen LogP contribution in [0.3, 0.4) is 0 Å². The Morgan fingerprint density at radius 2 is 1.79 bits per heavy atom. The Morgan fingerprint density at radius 3 is 2.36 bits per heavy atom. The first-order valence-corrected chi connectivity index (χ1v) is 10.5. The lowest BCUT2D eigenvalue weighted by Gasteiger charge is -2.35. The maximum atomic E-state index is 13.7. The van der Waals surface area contributed by atoms with E-state index in [1.807, 2.05) is 6.92 Å². The number of hydrogen-bond acceptors (Lipinski definition) is 4. The highest BCUT2D eigenvalue weighted by molar-refractivity contribution is 6.31. The van der Waals surface area contributed by atoms with Gasteiger partial charge in [-0.05, 0) is 42.7 Å². The molecule has 0 amide bonds. The number of pyridine rings is 2. The average molecular weight is 479 g/mol. The third-order valence-corrected chi connectivity index (χ3v) is 6.22. The molecule has 0 bridgehead atoms. The summed E-state index contributed by atoms with van der Waals surface area (Å²) in [5.74, 6) is -0.0476. The summed E-state index contributed by atoms with van der Waals surface area (Å²) in [6, 6.07) is 7.37. The lowest BCUT2D eigenvalue weighted by Crippen LogP contribution is -2.48. The van der Waals surface area contributed by atoms with E-state index in [0.29, 0.717) is 34.5 Å². The molecule has 2 N–H and O–H groups in total. The molecule has 1 aromatic carbocycles. The van der Waals surface area contributed by atoms with Crippen LogP contribution in [0.15, 0.2) is 58.6 Å². The molecule has 0 spiro atoms. The van der Waals surface area contributed by atoms with Crippen LogP contribution in [0.1, 0.15) is 41.8 Å². The molecule has 0 saturated heterocycles. The second-order valence-electron chi connectivity index (χ2n) is 7.70. The molecule has 4 rings (SSSR count). The molecule has 1 unspecified atom stereocenters. The summed E-state index contributed by atoms with van der Waals surface area (Å²) in [5, 5.41) is 3.37. The van der Waals surface area contributed by atoms with Crippen molar-refractivity contribution in [2.24, 2.45) is 4.99 Å². The quantitative estimate of drug-likeness (QED) is 0.528. The van der Waals surface area contributed by atoms with Gasteiger partial charge in [0.05, 0.1) is 6.04 Å². The molecule has 3 heterocycles. The van der Waals surface area contributed by atoms with Crippen molar-refractivity contribution in [2.75, 3.05) is 0 Å². The first-order valence-electron chi connectivity index (χ1n) is 10.1. The van der Waals surface area contributed by atoms with Gasteiger partial charge in [0.25, 0.3) is 5.56 Å². The molecule has 1 aliphatic rings. The van der Waals surface area contributed by atoms with Crippen molar-refractivity contribution >= 4 is 17.4 Å². The van der Waals surface area contributed by atoms with E-state index in [0.717, 1.165) is 12.3 Å². The fourth-order valence-corrected chi connectivity index (χ4v) is 4.44. The van der Waals surface area contributed by atoms with Crippen molar-refractivity contribution < 1.29 is 17.6 Å². The van der Waals surface area contributed by atoms with Crippen LogP contribution in [0, 0.1) is 5.82 Å². The van der Waals surface area contributed by atoms with Gasteiger partial charge in [-0.1, -0.05) is 36.7 Å². The summed E-state index contributed by atoms with van der Waals surface area (Å²) in [5.41, 5.74) is -0.425. The van der Waals surface area contributed by atoms with Crippen molar-refractivity contribution in [3.8, 4) is 0 Å². The normalized spacial score (nSPS) is 20.5. The van der Waals surface area contributed by atoms with Gasteiger partial charge < -0.3 is 10.3 Å². The van der Waals surface area contributed by atoms with E-state index in [1.54, 1.807) is 19.1 Å². The Bertz CT molecular complexity index is 1270. The number of hydrogen-bond donors (Lipinski definition) is 2. The summed E-state index contributed by atoms with van der Waals surface area (Å²) in [6.07, 6.45) is -1.48. The number of aliphatic imine (C=N–C) groups is 1. The van der Waals surface area contributed by atoms with Crippen LogP contribution in [0.5, 0.6) is 0 Å². The zero-order valence-corrected chi connectivity index (χ0v) is 18.4. The van der Waals surface area contributed by atoms with E-state index < -0.39 is 34.8 Å². The third kappa shape index (κ3) is 3.90. The molecule has 10 heteroatoms. The highest BCUT2D eigenvalue weighted by atomic mass is 35.5. The molecule has 0 saturated carbocycles. The maximum absolute atomic E-state index is 13.7. The predicted octanol–water partition coefficient (Wildman–Crippen LogP) is 4.83. The number of nitrogens with zero attached hydrogens (tertiary/aromatic N) is 2. The van der Waals surface area contributed by atoms with Crippen molar-refractivity contribution in [2.45, 2.75) is 38.0 Å². The van der Waals surface area contributed by atoms with Gasteiger partial charge >= 0.3 is 6.18 Å². The lowest BCUT2D eigenvalue weighted by molar-refractivity contribution is -0.141. The molecular formula is C23H19ClF4N4O. The Balaban J connectivity index is 1.87. The number of amidine groups is 1. The summed E-state index contributed by atoms with van der Waals surface area (Å²) >= 11 is 6.21. The number of nitrogens with one attached hydrogen (secondary N) is 2. The number of halogens is 5. The fraction of sp³-hybridized carbons (Fsp3) is 0.261. The van der Waals surface area contributed by atoms with Crippen molar-refractivity contribution in [1.29, 1.82) is 0 Å². The molecule has 2 aromatic heterocycles. The fourth-order valence-electron chi connectivity index (χ4n) is 4.15. The Labute approximate surface area is 191 Å². The van der Waals surface area contributed by atoms with Gasteiger partial charge in [-0.2, -0.15) is 13.2 Å². The zero-order valence-electron chi connectivity index (χ0n) is 17.6. The Kier molecular flexibility index (Phi) is 5.78. The van der Waals surface area contributed by atoms with Crippen LogP contribution in [0.2, 0.25) is 5.02 Å². The zero-order chi connectivity index (χ0) is 24.0. The average Bonchev–Trinajstić information content (AvgIpc) is 3.13. The summed E-state index contributed by atoms with van der Waals surface area (Å²) < 4.78 is 52.9. The third-order valence-electron chi connectivity index (χ3n) is 5.82. The lowest BCUT2D eigenvalue weighted by atomic mass is 9.79. The van der Waals surface area contributed by atoms with Crippen LogP contribution in [-0.2, 0) is 18.1 Å². The molecule has 5 nitrogen and oxygen atoms in total. The number of alkyl halides is 3. The van der Waals surface area contributed by atoms with Gasteiger partial charge in [0.2, 0.25) is 0 Å². The Morgan fingerprint density at radius 1 is 1.12 bits per heavy atom. The highest BCUT2D eigenvalue weighted by Crippen LogP contribution is 2.40. The number of H-pyrrole nitrogens is 1. The molecule has 33 heavy (non-hydrogen) atoms. The van der Waals surface area contributed by atoms with Crippen molar-refractivity contribution in [3.63, 3.8) is 0 Å². The number of aromatic amines is 1. The van der Waals surface area contributed by atoms with Crippen LogP contribution in [0.25, 0.3) is 0 Å². The van der Waals surface area contributed by atoms with E-state index >= 15 is 0 Å². The van der Waals surface area contributed by atoms with E-state index in [2.05, 4.69) is 15.3 Å². The topological polar surface area (TPSA) is 70.1 Å². The van der Waals surface area contributed by atoms with Crippen molar-refractivity contribution in [1.82, 2.24) is 15.3 Å². The molecule has 2 atom stereocenters. The molecule has 0 radical (unpaired) electrons. The molecule has 172 valence electrons. The minimum atomic E-state index is -4.58. The molecular weight excluding hydrogens is 460 g/mol. The molecule has 3 aromatic rings. The molecule has 0 aliphatic carbocycles. The second kappa shape index (κ2) is 8.30. The van der Waals surface area contributed by atoms with E-state index in [1.165, 1.54) is 24.4 Å².